The lowest BCUT2D eigenvalue weighted by molar-refractivity contribution is -0.0388. The van der Waals surface area contributed by atoms with Gasteiger partial charge < -0.3 is 10.1 Å². The molecule has 0 amide bonds. The average Bonchev–Trinajstić information content (AvgIpc) is 2.34. The Morgan fingerprint density at radius 3 is 2.60 bits per heavy atom. The Hall–Kier alpha value is -0.860. The highest BCUT2D eigenvalue weighted by Gasteiger charge is 2.31. The van der Waals surface area contributed by atoms with Gasteiger partial charge >= 0.3 is 0 Å². The molecular weight excluding hydrogens is 246 g/mol. The van der Waals surface area contributed by atoms with Crippen molar-refractivity contribution in [3.8, 4) is 0 Å². The fraction of sp³-hybridized carbons (Fsp3) is 0.667. The molecule has 0 radical (unpaired) electrons. The van der Waals surface area contributed by atoms with Crippen LogP contribution in [0, 0.1) is 0 Å². The molecule has 0 saturated heterocycles. The Morgan fingerprint density at radius 1 is 1.30 bits per heavy atom. The molecule has 2 nitrogen and oxygen atoms in total. The highest BCUT2D eigenvalue weighted by atomic mass is 16.5. The SMILES string of the molecule is CCNC(c1cccc(C2CCC2)c1)C(C)(C)OCC. The van der Waals surface area contributed by atoms with Crippen molar-refractivity contribution in [2.45, 2.75) is 64.5 Å². The Labute approximate surface area is 123 Å². The minimum Gasteiger partial charge on any atom is -0.374 e. The zero-order valence-electron chi connectivity index (χ0n) is 13.4. The van der Waals surface area contributed by atoms with Crippen molar-refractivity contribution in [1.82, 2.24) is 5.32 Å². The summed E-state index contributed by atoms with van der Waals surface area (Å²) in [6.45, 7) is 10.3. The van der Waals surface area contributed by atoms with Gasteiger partial charge in [0, 0.05) is 6.61 Å². The monoisotopic (exact) mass is 275 g/mol. The van der Waals surface area contributed by atoms with Gasteiger partial charge in [-0.15, -0.1) is 0 Å². The van der Waals surface area contributed by atoms with Crippen molar-refractivity contribution in [3.05, 3.63) is 35.4 Å². The summed E-state index contributed by atoms with van der Waals surface area (Å²) >= 11 is 0. The maximum Gasteiger partial charge on any atom is 0.0820 e. The lowest BCUT2D eigenvalue weighted by Crippen LogP contribution is -2.41. The summed E-state index contributed by atoms with van der Waals surface area (Å²) in [5.74, 6) is 0.785. The molecule has 1 N–H and O–H groups in total. The van der Waals surface area contributed by atoms with Crippen LogP contribution in [-0.2, 0) is 4.74 Å². The van der Waals surface area contributed by atoms with Gasteiger partial charge in [-0.05, 0) is 57.2 Å². The number of benzene rings is 1. The normalized spacial score (nSPS) is 17.8. The lowest BCUT2D eigenvalue weighted by atomic mass is 9.78. The van der Waals surface area contributed by atoms with Crippen LogP contribution in [0.5, 0.6) is 0 Å². The smallest absolute Gasteiger partial charge is 0.0820 e. The Morgan fingerprint density at radius 2 is 2.05 bits per heavy atom. The average molecular weight is 275 g/mol. The van der Waals surface area contributed by atoms with E-state index in [1.807, 2.05) is 0 Å². The summed E-state index contributed by atoms with van der Waals surface area (Å²) in [7, 11) is 0. The van der Waals surface area contributed by atoms with Gasteiger partial charge in [-0.2, -0.15) is 0 Å². The molecule has 1 aliphatic rings. The van der Waals surface area contributed by atoms with Crippen LogP contribution in [0.25, 0.3) is 0 Å². The van der Waals surface area contributed by atoms with E-state index >= 15 is 0 Å². The van der Waals surface area contributed by atoms with Crippen molar-refractivity contribution in [1.29, 1.82) is 0 Å². The molecule has 1 fully saturated rings. The standard InChI is InChI=1S/C18H29NO/c1-5-19-17(18(3,4)20-6-2)16-12-8-11-15(13-16)14-9-7-10-14/h8,11-14,17,19H,5-7,9-10H2,1-4H3. The topological polar surface area (TPSA) is 21.3 Å². The summed E-state index contributed by atoms with van der Waals surface area (Å²) in [5.41, 5.74) is 2.67. The Kier molecular flexibility index (Phi) is 5.22. The van der Waals surface area contributed by atoms with Crippen LogP contribution >= 0.6 is 0 Å². The highest BCUT2D eigenvalue weighted by molar-refractivity contribution is 5.31. The molecule has 1 aliphatic carbocycles. The molecule has 0 aliphatic heterocycles. The van der Waals surface area contributed by atoms with Crippen molar-refractivity contribution < 1.29 is 4.74 Å². The van der Waals surface area contributed by atoms with Crippen molar-refractivity contribution in [2.75, 3.05) is 13.2 Å². The van der Waals surface area contributed by atoms with Crippen molar-refractivity contribution in [3.63, 3.8) is 0 Å². The zero-order chi connectivity index (χ0) is 14.6. The van der Waals surface area contributed by atoms with E-state index in [2.05, 4.69) is 57.3 Å². The van der Waals surface area contributed by atoms with Gasteiger partial charge in [0.25, 0.3) is 0 Å². The Bertz CT molecular complexity index is 423. The van der Waals surface area contributed by atoms with Crippen LogP contribution in [0.4, 0.5) is 0 Å². The third-order valence-corrected chi connectivity index (χ3v) is 4.44. The molecule has 2 rings (SSSR count). The largest absolute Gasteiger partial charge is 0.374 e. The number of hydrogen-bond acceptors (Lipinski definition) is 2. The van der Waals surface area contributed by atoms with E-state index in [0.717, 1.165) is 19.1 Å². The fourth-order valence-electron chi connectivity index (χ4n) is 3.16. The first-order valence-electron chi connectivity index (χ1n) is 8.05. The van der Waals surface area contributed by atoms with E-state index in [9.17, 15) is 0 Å². The number of hydrogen-bond donors (Lipinski definition) is 1. The molecule has 1 aromatic carbocycles. The first-order valence-corrected chi connectivity index (χ1v) is 8.05. The molecule has 0 spiro atoms. The molecule has 20 heavy (non-hydrogen) atoms. The van der Waals surface area contributed by atoms with E-state index in [0.29, 0.717) is 0 Å². The van der Waals surface area contributed by atoms with Crippen LogP contribution in [0.2, 0.25) is 0 Å². The molecule has 112 valence electrons. The van der Waals surface area contributed by atoms with Gasteiger partial charge in [0.05, 0.1) is 11.6 Å². The summed E-state index contributed by atoms with van der Waals surface area (Å²) in [6.07, 6.45) is 4.09. The summed E-state index contributed by atoms with van der Waals surface area (Å²) < 4.78 is 5.98. The number of nitrogens with one attached hydrogen (secondary N) is 1. The first-order chi connectivity index (χ1) is 9.58. The summed E-state index contributed by atoms with van der Waals surface area (Å²) in [4.78, 5) is 0. The van der Waals surface area contributed by atoms with Crippen molar-refractivity contribution in [2.24, 2.45) is 0 Å². The van der Waals surface area contributed by atoms with Crippen LogP contribution < -0.4 is 5.32 Å². The van der Waals surface area contributed by atoms with Crippen LogP contribution in [0.15, 0.2) is 24.3 Å². The maximum absolute atomic E-state index is 5.98. The molecule has 1 saturated carbocycles. The first kappa shape index (κ1) is 15.5. The minimum atomic E-state index is -0.191. The lowest BCUT2D eigenvalue weighted by Gasteiger charge is -2.36. The van der Waals surface area contributed by atoms with Crippen LogP contribution in [-0.4, -0.2) is 18.8 Å². The Balaban J connectivity index is 2.24. The second-order valence-electron chi connectivity index (χ2n) is 6.33. The van der Waals surface area contributed by atoms with Gasteiger partial charge in [-0.1, -0.05) is 37.6 Å². The quantitative estimate of drug-likeness (QED) is 0.795. The third-order valence-electron chi connectivity index (χ3n) is 4.44. The molecule has 1 atom stereocenters. The van der Waals surface area contributed by atoms with E-state index in [4.69, 9.17) is 4.74 Å². The van der Waals surface area contributed by atoms with E-state index < -0.39 is 0 Å². The molecule has 0 heterocycles. The minimum absolute atomic E-state index is 0.191. The summed E-state index contributed by atoms with van der Waals surface area (Å²) in [5, 5.41) is 3.60. The number of likely N-dealkylation sites (N-methyl/N-ethyl adjacent to an activating group) is 1. The van der Waals surface area contributed by atoms with Gasteiger partial charge in [-0.3, -0.25) is 0 Å². The highest BCUT2D eigenvalue weighted by Crippen LogP contribution is 2.38. The van der Waals surface area contributed by atoms with Crippen molar-refractivity contribution >= 4 is 0 Å². The second-order valence-corrected chi connectivity index (χ2v) is 6.33. The van der Waals surface area contributed by atoms with E-state index in [1.165, 1.54) is 30.4 Å². The molecule has 1 aromatic rings. The zero-order valence-corrected chi connectivity index (χ0v) is 13.4. The molecule has 1 unspecified atom stereocenters. The number of rotatable bonds is 7. The van der Waals surface area contributed by atoms with E-state index in [1.54, 1.807) is 0 Å². The molecule has 0 aromatic heterocycles. The maximum atomic E-state index is 5.98. The van der Waals surface area contributed by atoms with E-state index in [-0.39, 0.29) is 11.6 Å². The molecule has 2 heteroatoms. The predicted octanol–water partition coefficient (Wildman–Crippen LogP) is 4.42. The molecule has 0 bridgehead atoms. The van der Waals surface area contributed by atoms with Crippen LogP contribution in [0.1, 0.15) is 70.0 Å². The molecular formula is C18H29NO. The fourth-order valence-corrected chi connectivity index (χ4v) is 3.16. The second kappa shape index (κ2) is 6.73. The summed E-state index contributed by atoms with van der Waals surface area (Å²) in [6, 6.07) is 9.35. The van der Waals surface area contributed by atoms with Gasteiger partial charge in [-0.25, -0.2) is 0 Å². The van der Waals surface area contributed by atoms with Gasteiger partial charge in [0.2, 0.25) is 0 Å². The third kappa shape index (κ3) is 3.42. The number of ether oxygens (including phenoxy) is 1. The van der Waals surface area contributed by atoms with Crippen LogP contribution in [0.3, 0.4) is 0 Å². The van der Waals surface area contributed by atoms with Gasteiger partial charge in [0.15, 0.2) is 0 Å². The predicted molar refractivity (Wildman–Crippen MR) is 85.2 cm³/mol. The van der Waals surface area contributed by atoms with Gasteiger partial charge in [0.1, 0.15) is 0 Å².